The second kappa shape index (κ2) is 4.86. The second-order valence-electron chi connectivity index (χ2n) is 5.40. The van der Waals surface area contributed by atoms with E-state index in [1.54, 1.807) is 11.3 Å². The van der Waals surface area contributed by atoms with Crippen LogP contribution in [0.2, 0.25) is 0 Å². The Morgan fingerprint density at radius 3 is 3.11 bits per heavy atom. The third kappa shape index (κ3) is 1.97. The fraction of sp³-hybridized carbons (Fsp3) is 0.643. The lowest BCUT2D eigenvalue weighted by molar-refractivity contribution is 0.0742. The molecule has 0 spiro atoms. The molecule has 98 valence electrons. The van der Waals surface area contributed by atoms with E-state index in [1.807, 2.05) is 4.90 Å². The highest BCUT2D eigenvalue weighted by Crippen LogP contribution is 2.33. The van der Waals surface area contributed by atoms with Crippen molar-refractivity contribution in [1.29, 1.82) is 0 Å². The van der Waals surface area contributed by atoms with Gasteiger partial charge in [0.2, 0.25) is 0 Å². The number of amides is 1. The van der Waals surface area contributed by atoms with Gasteiger partial charge in [0.25, 0.3) is 5.91 Å². The summed E-state index contributed by atoms with van der Waals surface area (Å²) in [6.45, 7) is 3.05. The van der Waals surface area contributed by atoms with Crippen LogP contribution < -0.4 is 0 Å². The van der Waals surface area contributed by atoms with E-state index < -0.39 is 0 Å². The molecule has 4 heteroatoms. The van der Waals surface area contributed by atoms with Crippen LogP contribution in [0.15, 0.2) is 6.07 Å². The van der Waals surface area contributed by atoms with E-state index in [-0.39, 0.29) is 11.9 Å². The number of halogens is 1. The number of carbonyl (C=O) groups excluding carboxylic acids is 1. The molecule has 18 heavy (non-hydrogen) atoms. The Labute approximate surface area is 117 Å². The smallest absolute Gasteiger partial charge is 0.264 e. The summed E-state index contributed by atoms with van der Waals surface area (Å²) in [5.74, 6) is 1.28. The third-order valence-electron chi connectivity index (χ3n) is 4.26. The maximum atomic E-state index is 12.5. The standard InChI is InChI=1S/C14H18ClNOS/c1-9-5-6-16(11(9)8-15)14(17)13-7-10-3-2-4-12(10)18-13/h7,9,11H,2-6,8H2,1H3. The first-order chi connectivity index (χ1) is 8.70. The average Bonchev–Trinajstić information content (AvgIpc) is 3.00. The first-order valence-corrected chi connectivity index (χ1v) is 8.04. The second-order valence-corrected chi connectivity index (χ2v) is 6.84. The molecule has 3 rings (SSSR count). The lowest BCUT2D eigenvalue weighted by atomic mass is 10.1. The lowest BCUT2D eigenvalue weighted by Crippen LogP contribution is -2.38. The van der Waals surface area contributed by atoms with Gasteiger partial charge in [-0.1, -0.05) is 6.92 Å². The molecular weight excluding hydrogens is 266 g/mol. The van der Waals surface area contributed by atoms with Gasteiger partial charge < -0.3 is 4.90 Å². The Hall–Kier alpha value is -0.540. The fourth-order valence-corrected chi connectivity index (χ4v) is 4.75. The summed E-state index contributed by atoms with van der Waals surface area (Å²) in [6.07, 6.45) is 4.63. The average molecular weight is 284 g/mol. The first-order valence-electron chi connectivity index (χ1n) is 6.69. The molecule has 2 nitrogen and oxygen atoms in total. The normalized spacial score (nSPS) is 26.7. The third-order valence-corrected chi connectivity index (χ3v) is 5.80. The van der Waals surface area contributed by atoms with Crippen LogP contribution in [-0.2, 0) is 12.8 Å². The monoisotopic (exact) mass is 283 g/mol. The van der Waals surface area contributed by atoms with Crippen molar-refractivity contribution in [2.75, 3.05) is 12.4 Å². The van der Waals surface area contributed by atoms with Crippen molar-refractivity contribution < 1.29 is 4.79 Å². The molecular formula is C14H18ClNOS. The molecule has 2 heterocycles. The molecule has 0 aromatic carbocycles. The zero-order chi connectivity index (χ0) is 12.7. The van der Waals surface area contributed by atoms with Gasteiger partial charge >= 0.3 is 0 Å². The SMILES string of the molecule is CC1CCN(C(=O)c2cc3c(s2)CCC3)C1CCl. The summed E-state index contributed by atoms with van der Waals surface area (Å²) < 4.78 is 0. The summed E-state index contributed by atoms with van der Waals surface area (Å²) in [4.78, 5) is 16.9. The predicted octanol–water partition coefficient (Wildman–Crippen LogP) is 3.33. The number of nitrogens with zero attached hydrogens (tertiary/aromatic N) is 1. The summed E-state index contributed by atoms with van der Waals surface area (Å²) in [5, 5.41) is 0. The van der Waals surface area contributed by atoms with Gasteiger partial charge in [0.05, 0.1) is 4.88 Å². The molecule has 2 aliphatic rings. The van der Waals surface area contributed by atoms with Crippen molar-refractivity contribution in [3.05, 3.63) is 21.4 Å². The highest BCUT2D eigenvalue weighted by atomic mass is 35.5. The van der Waals surface area contributed by atoms with E-state index >= 15 is 0 Å². The van der Waals surface area contributed by atoms with E-state index in [4.69, 9.17) is 11.6 Å². The molecule has 0 N–H and O–H groups in total. The molecule has 1 amide bonds. The molecule has 2 atom stereocenters. The predicted molar refractivity (Wildman–Crippen MR) is 75.7 cm³/mol. The number of hydrogen-bond acceptors (Lipinski definition) is 2. The molecule has 0 radical (unpaired) electrons. The van der Waals surface area contributed by atoms with E-state index in [0.717, 1.165) is 30.7 Å². The zero-order valence-corrected chi connectivity index (χ0v) is 12.2. The first kappa shape index (κ1) is 12.5. The van der Waals surface area contributed by atoms with Crippen molar-refractivity contribution in [3.8, 4) is 0 Å². The zero-order valence-electron chi connectivity index (χ0n) is 10.6. The summed E-state index contributed by atoms with van der Waals surface area (Å²) in [7, 11) is 0. The number of likely N-dealkylation sites (tertiary alicyclic amines) is 1. The van der Waals surface area contributed by atoms with Gasteiger partial charge in [0.15, 0.2) is 0 Å². The van der Waals surface area contributed by atoms with Crippen LogP contribution in [0.4, 0.5) is 0 Å². The minimum atomic E-state index is 0.199. The fourth-order valence-electron chi connectivity index (χ4n) is 3.07. The van der Waals surface area contributed by atoms with E-state index in [0.29, 0.717) is 11.8 Å². The molecule has 1 aromatic rings. The van der Waals surface area contributed by atoms with Crippen LogP contribution >= 0.6 is 22.9 Å². The van der Waals surface area contributed by atoms with Crippen molar-refractivity contribution in [3.63, 3.8) is 0 Å². The van der Waals surface area contributed by atoms with Crippen LogP contribution in [-0.4, -0.2) is 29.3 Å². The Morgan fingerprint density at radius 1 is 1.56 bits per heavy atom. The summed E-state index contributed by atoms with van der Waals surface area (Å²) in [5.41, 5.74) is 1.40. The molecule has 1 aliphatic heterocycles. The van der Waals surface area contributed by atoms with Crippen molar-refractivity contribution in [1.82, 2.24) is 4.90 Å². The van der Waals surface area contributed by atoms with Gasteiger partial charge in [-0.3, -0.25) is 4.79 Å². The number of thiophene rings is 1. The highest BCUT2D eigenvalue weighted by Gasteiger charge is 2.35. The maximum Gasteiger partial charge on any atom is 0.264 e. The Balaban J connectivity index is 1.81. The largest absolute Gasteiger partial charge is 0.333 e. The number of hydrogen-bond donors (Lipinski definition) is 0. The summed E-state index contributed by atoms with van der Waals surface area (Å²) in [6, 6.07) is 2.33. The molecule has 2 unspecified atom stereocenters. The number of aryl methyl sites for hydroxylation is 2. The summed E-state index contributed by atoms with van der Waals surface area (Å²) >= 11 is 7.71. The Kier molecular flexibility index (Phi) is 3.37. The molecule has 0 saturated carbocycles. The number of carbonyl (C=O) groups is 1. The van der Waals surface area contributed by atoms with Crippen molar-refractivity contribution >= 4 is 28.8 Å². The minimum Gasteiger partial charge on any atom is -0.333 e. The molecule has 1 saturated heterocycles. The van der Waals surface area contributed by atoms with Gasteiger partial charge in [0.1, 0.15) is 0 Å². The van der Waals surface area contributed by atoms with Gasteiger partial charge in [-0.25, -0.2) is 0 Å². The minimum absolute atomic E-state index is 0.199. The topological polar surface area (TPSA) is 20.3 Å². The van der Waals surface area contributed by atoms with Gasteiger partial charge in [0, 0.05) is 23.3 Å². The number of alkyl halides is 1. The van der Waals surface area contributed by atoms with Crippen LogP contribution in [0.25, 0.3) is 0 Å². The Bertz CT molecular complexity index is 449. The molecule has 0 bridgehead atoms. The maximum absolute atomic E-state index is 12.5. The number of fused-ring (bicyclic) bond motifs is 1. The van der Waals surface area contributed by atoms with Crippen molar-refractivity contribution in [2.45, 2.75) is 38.6 Å². The van der Waals surface area contributed by atoms with Crippen LogP contribution in [0, 0.1) is 5.92 Å². The lowest BCUT2D eigenvalue weighted by Gasteiger charge is -2.24. The quantitative estimate of drug-likeness (QED) is 0.763. The van der Waals surface area contributed by atoms with E-state index in [2.05, 4.69) is 13.0 Å². The molecule has 1 aliphatic carbocycles. The Morgan fingerprint density at radius 2 is 2.39 bits per heavy atom. The van der Waals surface area contributed by atoms with Gasteiger partial charge in [-0.2, -0.15) is 0 Å². The van der Waals surface area contributed by atoms with Gasteiger partial charge in [-0.05, 0) is 43.2 Å². The van der Waals surface area contributed by atoms with Crippen molar-refractivity contribution in [2.24, 2.45) is 5.92 Å². The van der Waals surface area contributed by atoms with Crippen LogP contribution in [0.3, 0.4) is 0 Å². The van der Waals surface area contributed by atoms with E-state index in [9.17, 15) is 4.79 Å². The number of rotatable bonds is 2. The van der Waals surface area contributed by atoms with E-state index in [1.165, 1.54) is 16.9 Å². The van der Waals surface area contributed by atoms with Crippen LogP contribution in [0.5, 0.6) is 0 Å². The highest BCUT2D eigenvalue weighted by molar-refractivity contribution is 7.14. The van der Waals surface area contributed by atoms with Gasteiger partial charge in [-0.15, -0.1) is 22.9 Å². The van der Waals surface area contributed by atoms with Crippen LogP contribution in [0.1, 0.15) is 39.9 Å². The molecule has 1 aromatic heterocycles. The molecule has 1 fully saturated rings.